The van der Waals surface area contributed by atoms with Gasteiger partial charge in [0.15, 0.2) is 0 Å². The highest BCUT2D eigenvalue weighted by molar-refractivity contribution is 7.13. The van der Waals surface area contributed by atoms with Crippen LogP contribution in [0, 0.1) is 10.1 Å². The van der Waals surface area contributed by atoms with E-state index in [0.717, 1.165) is 11.3 Å². The molecule has 0 radical (unpaired) electrons. The first kappa shape index (κ1) is 14.6. The van der Waals surface area contributed by atoms with Crippen molar-refractivity contribution in [3.8, 4) is 0 Å². The van der Waals surface area contributed by atoms with Crippen LogP contribution in [0.2, 0.25) is 0 Å². The highest BCUT2D eigenvalue weighted by Gasteiger charge is 2.15. The lowest BCUT2D eigenvalue weighted by Crippen LogP contribution is -2.23. The van der Waals surface area contributed by atoms with Gasteiger partial charge >= 0.3 is 11.0 Å². The molecule has 8 nitrogen and oxygen atoms in total. The van der Waals surface area contributed by atoms with Crippen molar-refractivity contribution in [1.82, 2.24) is 10.3 Å². The Hall–Kier alpha value is -2.81. The summed E-state index contributed by atoms with van der Waals surface area (Å²) in [5.74, 6) is -1.57. The average Bonchev–Trinajstić information content (AvgIpc) is 2.95. The zero-order chi connectivity index (χ0) is 15.4. The van der Waals surface area contributed by atoms with Gasteiger partial charge < -0.3 is 10.4 Å². The average molecular weight is 307 g/mol. The van der Waals surface area contributed by atoms with Crippen molar-refractivity contribution in [1.29, 1.82) is 0 Å². The van der Waals surface area contributed by atoms with Gasteiger partial charge in [-0.15, -0.1) is 0 Å². The number of pyridine rings is 1. The molecule has 9 heteroatoms. The Morgan fingerprint density at radius 2 is 2.14 bits per heavy atom. The van der Waals surface area contributed by atoms with E-state index in [1.54, 1.807) is 0 Å². The number of hydrogen-bond acceptors (Lipinski definition) is 6. The van der Waals surface area contributed by atoms with Crippen LogP contribution in [0.4, 0.5) is 5.00 Å². The zero-order valence-corrected chi connectivity index (χ0v) is 11.3. The maximum absolute atomic E-state index is 11.8. The van der Waals surface area contributed by atoms with Gasteiger partial charge in [0, 0.05) is 17.6 Å². The van der Waals surface area contributed by atoms with Gasteiger partial charge in [-0.1, -0.05) is 11.3 Å². The fourth-order valence-electron chi connectivity index (χ4n) is 1.52. The fourth-order valence-corrected chi connectivity index (χ4v) is 2.22. The zero-order valence-electron chi connectivity index (χ0n) is 10.5. The second-order valence-electron chi connectivity index (χ2n) is 3.95. The summed E-state index contributed by atoms with van der Waals surface area (Å²) in [6.07, 6.45) is 1.33. The van der Waals surface area contributed by atoms with E-state index in [1.807, 2.05) is 0 Å². The molecule has 21 heavy (non-hydrogen) atoms. The molecule has 0 spiro atoms. The quantitative estimate of drug-likeness (QED) is 0.640. The van der Waals surface area contributed by atoms with Gasteiger partial charge in [-0.25, -0.2) is 4.79 Å². The third-order valence-electron chi connectivity index (χ3n) is 2.52. The van der Waals surface area contributed by atoms with Gasteiger partial charge in [0.2, 0.25) is 0 Å². The number of aromatic carboxylic acids is 1. The van der Waals surface area contributed by atoms with Crippen LogP contribution in [-0.2, 0) is 6.54 Å². The molecule has 0 saturated heterocycles. The second kappa shape index (κ2) is 6.09. The highest BCUT2D eigenvalue weighted by Crippen LogP contribution is 2.22. The molecule has 0 aliphatic rings. The van der Waals surface area contributed by atoms with Crippen LogP contribution in [0.5, 0.6) is 0 Å². The van der Waals surface area contributed by atoms with Crippen LogP contribution in [0.3, 0.4) is 0 Å². The number of carboxylic acids is 1. The third-order valence-corrected chi connectivity index (χ3v) is 3.40. The molecule has 0 aliphatic heterocycles. The van der Waals surface area contributed by atoms with Crippen LogP contribution in [0.15, 0.2) is 29.8 Å². The number of carbonyl (C=O) groups excluding carboxylic acids is 1. The normalized spacial score (nSPS) is 10.1. The van der Waals surface area contributed by atoms with Crippen LogP contribution in [0.1, 0.15) is 26.4 Å². The Labute approximate surface area is 122 Å². The highest BCUT2D eigenvalue weighted by atomic mass is 32.1. The van der Waals surface area contributed by atoms with E-state index in [4.69, 9.17) is 5.11 Å². The molecule has 2 rings (SSSR count). The number of amides is 1. The smallest absolute Gasteiger partial charge is 0.335 e. The summed E-state index contributed by atoms with van der Waals surface area (Å²) in [5, 5.41) is 23.2. The van der Waals surface area contributed by atoms with Crippen molar-refractivity contribution in [2.45, 2.75) is 6.54 Å². The Kier molecular flexibility index (Phi) is 4.24. The molecule has 108 valence electrons. The lowest BCUT2D eigenvalue weighted by molar-refractivity contribution is -0.380. The van der Waals surface area contributed by atoms with E-state index in [0.29, 0.717) is 5.69 Å². The predicted molar refractivity (Wildman–Crippen MR) is 73.3 cm³/mol. The van der Waals surface area contributed by atoms with Gasteiger partial charge in [-0.05, 0) is 12.1 Å². The lowest BCUT2D eigenvalue weighted by Gasteiger charge is -2.03. The summed E-state index contributed by atoms with van der Waals surface area (Å²) in [5.41, 5.74) is 0.634. The molecule has 1 amide bonds. The molecule has 2 heterocycles. The van der Waals surface area contributed by atoms with Crippen molar-refractivity contribution in [2.75, 3.05) is 0 Å². The number of rotatable bonds is 5. The van der Waals surface area contributed by atoms with Crippen LogP contribution in [-0.4, -0.2) is 26.9 Å². The van der Waals surface area contributed by atoms with E-state index in [1.165, 1.54) is 29.8 Å². The van der Waals surface area contributed by atoms with Crippen molar-refractivity contribution in [3.05, 3.63) is 56.7 Å². The molecule has 0 saturated carbocycles. The maximum atomic E-state index is 11.8. The lowest BCUT2D eigenvalue weighted by atomic mass is 10.2. The molecule has 2 aromatic rings. The summed E-state index contributed by atoms with van der Waals surface area (Å²) < 4.78 is 0. The Balaban J connectivity index is 2.02. The van der Waals surface area contributed by atoms with Crippen molar-refractivity contribution >= 4 is 28.2 Å². The van der Waals surface area contributed by atoms with Crippen molar-refractivity contribution in [3.63, 3.8) is 0 Å². The number of nitrogens with one attached hydrogen (secondary N) is 1. The monoisotopic (exact) mass is 307 g/mol. The minimum Gasteiger partial charge on any atom is -0.478 e. The molecular formula is C12H9N3O5S. The van der Waals surface area contributed by atoms with Crippen molar-refractivity contribution in [2.24, 2.45) is 0 Å². The minimum absolute atomic E-state index is 0.0313. The molecule has 0 aromatic carbocycles. The van der Waals surface area contributed by atoms with Crippen LogP contribution >= 0.6 is 11.3 Å². The number of hydrogen-bond donors (Lipinski definition) is 2. The number of nitro groups is 1. The maximum Gasteiger partial charge on any atom is 0.335 e. The first-order valence-electron chi connectivity index (χ1n) is 5.66. The molecule has 0 bridgehead atoms. The molecule has 0 aliphatic carbocycles. The van der Waals surface area contributed by atoms with E-state index < -0.39 is 16.8 Å². The van der Waals surface area contributed by atoms with E-state index in [-0.39, 0.29) is 22.7 Å². The first-order chi connectivity index (χ1) is 9.97. The van der Waals surface area contributed by atoms with Crippen LogP contribution < -0.4 is 5.32 Å². The summed E-state index contributed by atoms with van der Waals surface area (Å²) in [6.45, 7) is 0.0313. The number of carboxylic acid groups (broad SMARTS) is 1. The molecule has 2 N–H and O–H groups in total. The number of carbonyl (C=O) groups is 2. The van der Waals surface area contributed by atoms with E-state index >= 15 is 0 Å². The summed E-state index contributed by atoms with van der Waals surface area (Å²) in [6, 6.07) is 3.87. The molecular weight excluding hydrogens is 298 g/mol. The SMILES string of the molecule is O=C(O)c1ccnc(CNC(=O)c2csc([N+](=O)[O-])c2)c1. The van der Waals surface area contributed by atoms with E-state index in [9.17, 15) is 19.7 Å². The van der Waals surface area contributed by atoms with Gasteiger partial charge in [-0.3, -0.25) is 19.9 Å². The number of aromatic nitrogens is 1. The topological polar surface area (TPSA) is 122 Å². The largest absolute Gasteiger partial charge is 0.478 e. The van der Waals surface area contributed by atoms with Crippen molar-refractivity contribution < 1.29 is 19.6 Å². The van der Waals surface area contributed by atoms with Gasteiger partial charge in [0.25, 0.3) is 5.91 Å². The molecule has 0 atom stereocenters. The number of thiophene rings is 1. The van der Waals surface area contributed by atoms with Crippen LogP contribution in [0.25, 0.3) is 0 Å². The third kappa shape index (κ3) is 3.60. The standard InChI is InChI=1S/C12H9N3O5S/c16-11(8-4-10(15(19)20)21-6-8)14-5-9-3-7(12(17)18)1-2-13-9/h1-4,6H,5H2,(H,14,16)(H,17,18). The second-order valence-corrected chi connectivity index (χ2v) is 4.84. The molecule has 0 fully saturated rings. The van der Waals surface area contributed by atoms with E-state index in [2.05, 4.69) is 10.3 Å². The van der Waals surface area contributed by atoms with Gasteiger partial charge in [0.05, 0.1) is 28.3 Å². The van der Waals surface area contributed by atoms with Gasteiger partial charge in [0.1, 0.15) is 0 Å². The Morgan fingerprint density at radius 3 is 2.76 bits per heavy atom. The number of nitrogens with zero attached hydrogens (tertiary/aromatic N) is 2. The predicted octanol–water partition coefficient (Wildman–Crippen LogP) is 1.68. The summed E-state index contributed by atoms with van der Waals surface area (Å²) in [4.78, 5) is 36.5. The van der Waals surface area contributed by atoms with Gasteiger partial charge in [-0.2, -0.15) is 0 Å². The Bertz CT molecular complexity index is 712. The summed E-state index contributed by atoms with van der Waals surface area (Å²) >= 11 is 0.861. The first-order valence-corrected chi connectivity index (χ1v) is 6.54. The molecule has 0 unspecified atom stereocenters. The Morgan fingerprint density at radius 1 is 1.38 bits per heavy atom. The minimum atomic E-state index is -1.08. The molecule has 2 aromatic heterocycles. The summed E-state index contributed by atoms with van der Waals surface area (Å²) in [7, 11) is 0. The fraction of sp³-hybridized carbons (Fsp3) is 0.0833.